The maximum atomic E-state index is 14.2. The molecular weight excluding hydrogens is 494 g/mol. The van der Waals surface area contributed by atoms with Gasteiger partial charge in [0.05, 0.1) is 0 Å². The Labute approximate surface area is 236 Å². The number of hydrogen-bond acceptors (Lipinski definition) is 5. The summed E-state index contributed by atoms with van der Waals surface area (Å²) in [5.41, 5.74) is -0.349. The lowest BCUT2D eigenvalue weighted by Gasteiger charge is -2.35. The molecule has 0 fully saturated rings. The number of nitrogens with zero attached hydrogens (tertiary/aromatic N) is 1. The van der Waals surface area contributed by atoms with Gasteiger partial charge in [-0.1, -0.05) is 84.4 Å². The summed E-state index contributed by atoms with van der Waals surface area (Å²) in [7, 11) is 0. The van der Waals surface area contributed by atoms with E-state index < -0.39 is 23.8 Å². The zero-order valence-electron chi connectivity index (χ0n) is 25.3. The van der Waals surface area contributed by atoms with E-state index in [1.54, 1.807) is 43.9 Å². The molecular formula is C31H53N3O5. The fourth-order valence-electron chi connectivity index (χ4n) is 4.45. The SMILES string of the molecule is CCCCCCCN(C(=O)C(CC(C)C)NC(=O)OC(C)(C)C)C(C(=O)NCCCCC)c1ccccc1O. The number of carbonyl (C=O) groups excluding carboxylic acids is 3. The van der Waals surface area contributed by atoms with Crippen LogP contribution in [0.1, 0.15) is 118 Å². The molecule has 0 spiro atoms. The van der Waals surface area contributed by atoms with Crippen LogP contribution < -0.4 is 10.6 Å². The lowest BCUT2D eigenvalue weighted by molar-refractivity contribution is -0.143. The Balaban J connectivity index is 3.43. The van der Waals surface area contributed by atoms with Gasteiger partial charge in [-0.2, -0.15) is 0 Å². The van der Waals surface area contributed by atoms with Crippen molar-refractivity contribution in [2.75, 3.05) is 13.1 Å². The average molecular weight is 548 g/mol. The van der Waals surface area contributed by atoms with Crippen LogP contribution in [0, 0.1) is 5.92 Å². The second-order valence-electron chi connectivity index (χ2n) is 11.7. The van der Waals surface area contributed by atoms with Gasteiger partial charge in [0.15, 0.2) is 0 Å². The van der Waals surface area contributed by atoms with Crippen molar-refractivity contribution in [1.82, 2.24) is 15.5 Å². The maximum absolute atomic E-state index is 14.2. The fourth-order valence-corrected chi connectivity index (χ4v) is 4.45. The molecule has 1 rings (SSSR count). The first kappa shape index (κ1) is 34.3. The number of hydrogen-bond donors (Lipinski definition) is 3. The van der Waals surface area contributed by atoms with Crippen molar-refractivity contribution in [3.63, 3.8) is 0 Å². The van der Waals surface area contributed by atoms with Gasteiger partial charge in [0.25, 0.3) is 0 Å². The number of alkyl carbamates (subject to hydrolysis) is 1. The number of aromatic hydroxyl groups is 1. The van der Waals surface area contributed by atoms with Crippen molar-refractivity contribution in [3.05, 3.63) is 29.8 Å². The molecule has 0 bridgehead atoms. The molecule has 2 atom stereocenters. The molecule has 0 aliphatic rings. The Bertz CT molecular complexity index is 881. The van der Waals surface area contributed by atoms with Gasteiger partial charge in [0, 0.05) is 18.7 Å². The Kier molecular flexibility index (Phi) is 15.6. The van der Waals surface area contributed by atoms with Gasteiger partial charge in [-0.05, 0) is 52.0 Å². The van der Waals surface area contributed by atoms with Crippen molar-refractivity contribution in [2.45, 2.75) is 124 Å². The number of ether oxygens (including phenoxy) is 1. The van der Waals surface area contributed by atoms with Crippen molar-refractivity contribution in [1.29, 1.82) is 0 Å². The summed E-state index contributed by atoms with van der Waals surface area (Å²) in [4.78, 5) is 42.1. The Morgan fingerprint density at radius 2 is 1.56 bits per heavy atom. The molecule has 0 saturated carbocycles. The van der Waals surface area contributed by atoms with E-state index in [0.717, 1.165) is 44.9 Å². The third-order valence-electron chi connectivity index (χ3n) is 6.35. The molecule has 39 heavy (non-hydrogen) atoms. The van der Waals surface area contributed by atoms with E-state index in [2.05, 4.69) is 24.5 Å². The molecule has 0 heterocycles. The Hall–Kier alpha value is -2.77. The summed E-state index contributed by atoms with van der Waals surface area (Å²) < 4.78 is 5.45. The smallest absolute Gasteiger partial charge is 0.408 e. The van der Waals surface area contributed by atoms with Crippen molar-refractivity contribution < 1.29 is 24.2 Å². The number of nitrogens with one attached hydrogen (secondary N) is 2. The van der Waals surface area contributed by atoms with E-state index in [1.165, 1.54) is 6.07 Å². The molecule has 3 amide bonds. The predicted octanol–water partition coefficient (Wildman–Crippen LogP) is 6.48. The second kappa shape index (κ2) is 17.7. The number of phenols is 1. The van der Waals surface area contributed by atoms with E-state index in [4.69, 9.17) is 4.74 Å². The number of benzene rings is 1. The van der Waals surface area contributed by atoms with E-state index >= 15 is 0 Å². The van der Waals surface area contributed by atoms with E-state index in [9.17, 15) is 19.5 Å². The summed E-state index contributed by atoms with van der Waals surface area (Å²) in [5, 5.41) is 16.5. The van der Waals surface area contributed by atoms with Crippen LogP contribution in [0.2, 0.25) is 0 Å². The monoisotopic (exact) mass is 547 g/mol. The third kappa shape index (κ3) is 13.2. The van der Waals surface area contributed by atoms with Crippen LogP contribution in [-0.4, -0.2) is 52.6 Å². The quantitative estimate of drug-likeness (QED) is 0.194. The van der Waals surface area contributed by atoms with Crippen LogP contribution >= 0.6 is 0 Å². The first-order valence-corrected chi connectivity index (χ1v) is 14.8. The molecule has 1 aromatic carbocycles. The fraction of sp³-hybridized carbons (Fsp3) is 0.710. The van der Waals surface area contributed by atoms with Crippen LogP contribution in [0.25, 0.3) is 0 Å². The number of para-hydroxylation sites is 1. The number of rotatable bonds is 17. The Morgan fingerprint density at radius 3 is 2.15 bits per heavy atom. The summed E-state index contributed by atoms with van der Waals surface area (Å²) >= 11 is 0. The maximum Gasteiger partial charge on any atom is 0.408 e. The van der Waals surface area contributed by atoms with E-state index in [1.807, 2.05) is 13.8 Å². The van der Waals surface area contributed by atoms with Gasteiger partial charge in [-0.15, -0.1) is 0 Å². The van der Waals surface area contributed by atoms with Gasteiger partial charge < -0.3 is 25.4 Å². The van der Waals surface area contributed by atoms with Crippen LogP contribution in [0.4, 0.5) is 4.79 Å². The van der Waals surface area contributed by atoms with Gasteiger partial charge in [-0.3, -0.25) is 9.59 Å². The largest absolute Gasteiger partial charge is 0.508 e. The van der Waals surface area contributed by atoms with Gasteiger partial charge >= 0.3 is 6.09 Å². The lowest BCUT2D eigenvalue weighted by atomic mass is 9.98. The topological polar surface area (TPSA) is 108 Å². The summed E-state index contributed by atoms with van der Waals surface area (Å²) in [6.07, 6.45) is 7.41. The van der Waals surface area contributed by atoms with Crippen LogP contribution in [0.5, 0.6) is 5.75 Å². The summed E-state index contributed by atoms with van der Waals surface area (Å²) in [6, 6.07) is 4.75. The molecule has 0 saturated heterocycles. The third-order valence-corrected chi connectivity index (χ3v) is 6.35. The van der Waals surface area contributed by atoms with Crippen LogP contribution in [0.3, 0.4) is 0 Å². The predicted molar refractivity (Wildman–Crippen MR) is 156 cm³/mol. The number of amides is 3. The zero-order valence-corrected chi connectivity index (χ0v) is 25.3. The van der Waals surface area contributed by atoms with Gasteiger partial charge in [0.2, 0.25) is 11.8 Å². The standard InChI is InChI=1S/C31H53N3O5/c1-8-10-12-13-17-21-34(29(37)25(22-23(3)4)33-30(38)39-31(5,6)7)27(24-18-14-15-19-26(24)35)28(36)32-20-16-11-9-2/h14-15,18-19,23,25,27,35H,8-13,16-17,20-22H2,1-7H3,(H,32,36)(H,33,38). The van der Waals surface area contributed by atoms with Crippen molar-refractivity contribution in [2.24, 2.45) is 5.92 Å². The molecule has 0 aromatic heterocycles. The minimum atomic E-state index is -1.03. The van der Waals surface area contributed by atoms with Crippen LogP contribution in [-0.2, 0) is 14.3 Å². The van der Waals surface area contributed by atoms with Gasteiger partial charge in [-0.25, -0.2) is 4.79 Å². The first-order valence-electron chi connectivity index (χ1n) is 14.8. The van der Waals surface area contributed by atoms with Crippen molar-refractivity contribution >= 4 is 17.9 Å². The van der Waals surface area contributed by atoms with Gasteiger partial charge in [0.1, 0.15) is 23.4 Å². The highest BCUT2D eigenvalue weighted by molar-refractivity contribution is 5.92. The molecule has 8 nitrogen and oxygen atoms in total. The molecule has 0 aliphatic heterocycles. The highest BCUT2D eigenvalue weighted by Crippen LogP contribution is 2.30. The Morgan fingerprint density at radius 1 is 0.949 bits per heavy atom. The molecule has 8 heteroatoms. The number of unbranched alkanes of at least 4 members (excludes halogenated alkanes) is 6. The zero-order chi connectivity index (χ0) is 29.4. The molecule has 1 aromatic rings. The highest BCUT2D eigenvalue weighted by Gasteiger charge is 2.37. The number of phenolic OH excluding ortho intramolecular Hbond substituents is 1. The lowest BCUT2D eigenvalue weighted by Crippen LogP contribution is -2.53. The minimum Gasteiger partial charge on any atom is -0.508 e. The average Bonchev–Trinajstić information content (AvgIpc) is 2.84. The number of carbonyl (C=O) groups is 3. The van der Waals surface area contributed by atoms with E-state index in [0.29, 0.717) is 31.5 Å². The van der Waals surface area contributed by atoms with Crippen molar-refractivity contribution in [3.8, 4) is 5.75 Å². The molecule has 0 radical (unpaired) electrons. The highest BCUT2D eigenvalue weighted by atomic mass is 16.6. The molecule has 222 valence electrons. The summed E-state index contributed by atoms with van der Waals surface area (Å²) in [6.45, 7) is 14.3. The van der Waals surface area contributed by atoms with Crippen LogP contribution in [0.15, 0.2) is 24.3 Å². The second-order valence-corrected chi connectivity index (χ2v) is 11.7. The normalized spacial score (nSPS) is 13.0. The molecule has 3 N–H and O–H groups in total. The summed E-state index contributed by atoms with van der Waals surface area (Å²) in [5.74, 6) is -0.640. The molecule has 0 aliphatic carbocycles. The molecule has 2 unspecified atom stereocenters. The first-order chi connectivity index (χ1) is 18.4. The van der Waals surface area contributed by atoms with E-state index in [-0.39, 0.29) is 23.5 Å². The minimum absolute atomic E-state index is 0.0458.